The molecule has 39 heavy (non-hydrogen) atoms. The van der Waals surface area contributed by atoms with Gasteiger partial charge in [-0.2, -0.15) is 0 Å². The molecule has 0 saturated heterocycles. The normalized spacial score (nSPS) is 17.5. The van der Waals surface area contributed by atoms with Crippen LogP contribution in [0.4, 0.5) is 0 Å². The fraction of sp³-hybridized carbons (Fsp3) is 0.364. The second-order valence-electron chi connectivity index (χ2n) is 10.9. The maximum atomic E-state index is 12.0. The second-order valence-corrected chi connectivity index (χ2v) is 10.9. The minimum atomic E-state index is -0.904. The molecule has 0 amide bonds. The quantitative estimate of drug-likeness (QED) is 0.286. The Bertz CT molecular complexity index is 1500. The number of ether oxygens (including phenoxy) is 2. The van der Waals surface area contributed by atoms with Gasteiger partial charge in [0.1, 0.15) is 13.2 Å². The summed E-state index contributed by atoms with van der Waals surface area (Å²) in [4.78, 5) is 12.0. The molecule has 2 heterocycles. The molecule has 6 rings (SSSR count). The lowest BCUT2D eigenvalue weighted by Gasteiger charge is -2.29. The summed E-state index contributed by atoms with van der Waals surface area (Å²) in [6, 6.07) is 20.0. The highest BCUT2D eigenvalue weighted by molar-refractivity contribution is 5.99. The van der Waals surface area contributed by atoms with Gasteiger partial charge in [-0.3, -0.25) is 0 Å². The van der Waals surface area contributed by atoms with Crippen LogP contribution in [0.3, 0.4) is 0 Å². The molecule has 1 aliphatic carbocycles. The largest absolute Gasteiger partial charge is 0.487 e. The molecular formula is C33H36N2O4. The molecule has 6 heteroatoms. The van der Waals surface area contributed by atoms with E-state index >= 15 is 0 Å². The predicted molar refractivity (Wildman–Crippen MR) is 154 cm³/mol. The van der Waals surface area contributed by atoms with Gasteiger partial charge in [0, 0.05) is 23.0 Å². The van der Waals surface area contributed by atoms with Gasteiger partial charge in [-0.05, 0) is 67.6 Å². The van der Waals surface area contributed by atoms with Crippen LogP contribution in [0.2, 0.25) is 0 Å². The van der Waals surface area contributed by atoms with Crippen molar-refractivity contribution in [2.45, 2.75) is 64.1 Å². The highest BCUT2D eigenvalue weighted by atomic mass is 16.5. The Morgan fingerprint density at radius 3 is 2.62 bits per heavy atom. The van der Waals surface area contributed by atoms with Crippen molar-refractivity contribution in [1.82, 2.24) is 9.88 Å². The summed E-state index contributed by atoms with van der Waals surface area (Å²) in [5.41, 5.74) is 7.05. The zero-order valence-corrected chi connectivity index (χ0v) is 22.7. The van der Waals surface area contributed by atoms with Gasteiger partial charge in [-0.25, -0.2) is 4.79 Å². The van der Waals surface area contributed by atoms with Gasteiger partial charge < -0.3 is 24.5 Å². The monoisotopic (exact) mass is 524 g/mol. The zero-order valence-electron chi connectivity index (χ0n) is 22.7. The van der Waals surface area contributed by atoms with Crippen molar-refractivity contribution in [2.24, 2.45) is 0 Å². The number of benzene rings is 3. The van der Waals surface area contributed by atoms with Crippen molar-refractivity contribution in [1.29, 1.82) is 0 Å². The van der Waals surface area contributed by atoms with E-state index < -0.39 is 5.97 Å². The number of hydrogen-bond acceptors (Lipinski definition) is 4. The molecule has 6 nitrogen and oxygen atoms in total. The van der Waals surface area contributed by atoms with E-state index in [0.29, 0.717) is 31.2 Å². The molecule has 1 aliphatic heterocycles. The molecule has 2 N–H and O–H groups in total. The van der Waals surface area contributed by atoms with E-state index in [0.717, 1.165) is 57.6 Å². The first-order valence-corrected chi connectivity index (χ1v) is 14.1. The van der Waals surface area contributed by atoms with Crippen molar-refractivity contribution in [2.75, 3.05) is 13.7 Å². The number of carboxylic acids is 1. The van der Waals surface area contributed by atoms with Crippen LogP contribution in [0, 0.1) is 6.92 Å². The molecule has 4 aromatic rings. The molecule has 1 aromatic heterocycles. The van der Waals surface area contributed by atoms with Crippen LogP contribution in [-0.4, -0.2) is 35.3 Å². The number of nitrogens with zero attached hydrogens (tertiary/aromatic N) is 1. The number of carboxylic acid groups (broad SMARTS) is 1. The van der Waals surface area contributed by atoms with Crippen LogP contribution in [0.1, 0.15) is 65.1 Å². The fourth-order valence-electron chi connectivity index (χ4n) is 6.35. The van der Waals surface area contributed by atoms with Crippen molar-refractivity contribution in [3.63, 3.8) is 0 Å². The van der Waals surface area contributed by atoms with E-state index in [-0.39, 0.29) is 6.04 Å². The standard InChI is InChI=1S/C33H36N2O4/c1-21-13-16-28(38-19-22-9-5-3-6-10-22)32-29(21)31-30(23-11-7-4-8-12-23)26-15-14-24(33(36)37)17-27(26)35(31)18-25(34-2)20-39-32/h3,5-6,9-10,13-17,23,25,34H,4,7-8,11-12,18-20H2,1-2H3,(H,36,37)/t25-/m1/s1. The van der Waals surface area contributed by atoms with E-state index in [4.69, 9.17) is 9.47 Å². The minimum absolute atomic E-state index is 0.0441. The lowest BCUT2D eigenvalue weighted by atomic mass is 9.81. The second kappa shape index (κ2) is 10.8. The Hall–Kier alpha value is -3.77. The summed E-state index contributed by atoms with van der Waals surface area (Å²) in [5.74, 6) is 1.01. The smallest absolute Gasteiger partial charge is 0.335 e. The Morgan fingerprint density at radius 1 is 1.08 bits per heavy atom. The summed E-state index contributed by atoms with van der Waals surface area (Å²) >= 11 is 0. The molecule has 3 aromatic carbocycles. The number of nitrogens with one attached hydrogen (secondary N) is 1. The molecule has 0 unspecified atom stereocenters. The number of aryl methyl sites for hydroxylation is 1. The average Bonchev–Trinajstić information content (AvgIpc) is 3.26. The molecular weight excluding hydrogens is 488 g/mol. The van der Waals surface area contributed by atoms with Gasteiger partial charge in [-0.1, -0.05) is 61.7 Å². The molecule has 2 aliphatic rings. The molecule has 1 saturated carbocycles. The number of aromatic carboxylic acids is 1. The zero-order chi connectivity index (χ0) is 26.9. The number of aromatic nitrogens is 1. The molecule has 1 atom stereocenters. The van der Waals surface area contributed by atoms with Crippen LogP contribution in [-0.2, 0) is 13.2 Å². The van der Waals surface area contributed by atoms with Gasteiger partial charge in [0.25, 0.3) is 0 Å². The Balaban J connectivity index is 1.60. The maximum Gasteiger partial charge on any atom is 0.335 e. The molecule has 202 valence electrons. The van der Waals surface area contributed by atoms with E-state index in [1.807, 2.05) is 43.4 Å². The lowest BCUT2D eigenvalue weighted by molar-refractivity contribution is 0.0697. The third-order valence-electron chi connectivity index (χ3n) is 8.41. The molecule has 0 radical (unpaired) electrons. The maximum absolute atomic E-state index is 12.0. The number of likely N-dealkylation sites (N-methyl/N-ethyl adjacent to an activating group) is 1. The van der Waals surface area contributed by atoms with Crippen LogP contribution >= 0.6 is 0 Å². The predicted octanol–water partition coefficient (Wildman–Crippen LogP) is 6.92. The van der Waals surface area contributed by atoms with E-state index in [2.05, 4.69) is 35.0 Å². The Labute approximate surface area is 229 Å². The highest BCUT2D eigenvalue weighted by Gasteiger charge is 2.32. The first-order chi connectivity index (χ1) is 19.0. The summed E-state index contributed by atoms with van der Waals surface area (Å²) in [6.45, 7) is 3.75. The van der Waals surface area contributed by atoms with Crippen molar-refractivity contribution >= 4 is 16.9 Å². The van der Waals surface area contributed by atoms with Gasteiger partial charge >= 0.3 is 5.97 Å². The highest BCUT2D eigenvalue weighted by Crippen LogP contribution is 2.50. The van der Waals surface area contributed by atoms with Crippen LogP contribution in [0.5, 0.6) is 11.5 Å². The van der Waals surface area contributed by atoms with Gasteiger partial charge in [0.2, 0.25) is 0 Å². The third kappa shape index (κ3) is 4.78. The van der Waals surface area contributed by atoms with Gasteiger partial charge in [-0.15, -0.1) is 0 Å². The SMILES string of the molecule is CN[C@H]1COc2c(OCc3ccccc3)ccc(C)c2-c2c(C3CCCCC3)c3ccc(C(=O)O)cc3n2C1. The lowest BCUT2D eigenvalue weighted by Crippen LogP contribution is -2.37. The van der Waals surface area contributed by atoms with E-state index in [9.17, 15) is 9.90 Å². The first-order valence-electron chi connectivity index (χ1n) is 14.1. The van der Waals surface area contributed by atoms with E-state index in [1.54, 1.807) is 6.07 Å². The van der Waals surface area contributed by atoms with Crippen LogP contribution < -0.4 is 14.8 Å². The van der Waals surface area contributed by atoms with Crippen LogP contribution in [0.15, 0.2) is 60.7 Å². The summed E-state index contributed by atoms with van der Waals surface area (Å²) in [7, 11) is 1.95. The third-order valence-corrected chi connectivity index (χ3v) is 8.41. The number of fused-ring (bicyclic) bond motifs is 5. The average molecular weight is 525 g/mol. The number of rotatable bonds is 6. The summed E-state index contributed by atoms with van der Waals surface area (Å²) in [5, 5.41) is 14.4. The molecule has 1 fully saturated rings. The van der Waals surface area contributed by atoms with E-state index in [1.165, 1.54) is 24.8 Å². The van der Waals surface area contributed by atoms with Gasteiger partial charge in [0.05, 0.1) is 17.3 Å². The Kier molecular flexibility index (Phi) is 7.05. The van der Waals surface area contributed by atoms with Gasteiger partial charge in [0.15, 0.2) is 11.5 Å². The van der Waals surface area contributed by atoms with Crippen LogP contribution in [0.25, 0.3) is 22.2 Å². The minimum Gasteiger partial charge on any atom is -0.487 e. The topological polar surface area (TPSA) is 72.7 Å². The first kappa shape index (κ1) is 25.5. The number of carbonyl (C=O) groups is 1. The molecule has 0 bridgehead atoms. The van der Waals surface area contributed by atoms with Crippen molar-refractivity contribution in [3.8, 4) is 22.8 Å². The number of hydrogen-bond donors (Lipinski definition) is 2. The van der Waals surface area contributed by atoms with Crippen molar-refractivity contribution < 1.29 is 19.4 Å². The summed E-state index contributed by atoms with van der Waals surface area (Å²) < 4.78 is 15.3. The Morgan fingerprint density at radius 2 is 1.87 bits per heavy atom. The fourth-order valence-corrected chi connectivity index (χ4v) is 6.35. The summed E-state index contributed by atoms with van der Waals surface area (Å²) in [6.07, 6.45) is 5.98. The molecule has 0 spiro atoms. The van der Waals surface area contributed by atoms with Crippen molar-refractivity contribution in [3.05, 3.63) is 82.9 Å².